The fraction of sp³-hybridized carbons (Fsp3) is 0.571. The molecule has 148 valence electrons. The second kappa shape index (κ2) is 7.79. The van der Waals surface area contributed by atoms with Gasteiger partial charge in [0.05, 0.1) is 10.6 Å². The lowest BCUT2D eigenvalue weighted by molar-refractivity contribution is 0.191. The van der Waals surface area contributed by atoms with E-state index in [1.807, 2.05) is 13.0 Å². The molecule has 0 spiro atoms. The summed E-state index contributed by atoms with van der Waals surface area (Å²) in [6.45, 7) is 6.09. The molecule has 2 aliphatic heterocycles. The highest BCUT2D eigenvalue weighted by Crippen LogP contribution is 2.30. The Morgan fingerprint density at radius 2 is 2.14 bits per heavy atom. The number of hydrogen-bond donors (Lipinski definition) is 0. The predicted octanol–water partition coefficient (Wildman–Crippen LogP) is 4.41. The molecule has 0 saturated carbocycles. The van der Waals surface area contributed by atoms with Gasteiger partial charge in [-0.05, 0) is 50.6 Å². The second-order valence-corrected chi connectivity index (χ2v) is 8.96. The zero-order valence-corrected chi connectivity index (χ0v) is 17.2. The molecule has 0 aromatic carbocycles. The van der Waals surface area contributed by atoms with E-state index in [1.54, 1.807) is 11.3 Å². The van der Waals surface area contributed by atoms with Crippen LogP contribution in [0.1, 0.15) is 61.1 Å². The van der Waals surface area contributed by atoms with Gasteiger partial charge in [-0.25, -0.2) is 4.98 Å². The molecule has 5 rings (SSSR count). The maximum absolute atomic E-state index is 5.93. The van der Waals surface area contributed by atoms with Crippen LogP contribution in [0.3, 0.4) is 0 Å². The largest absolute Gasteiger partial charge is 0.440 e. The Balaban J connectivity index is 1.31. The van der Waals surface area contributed by atoms with Crippen molar-refractivity contribution >= 4 is 11.3 Å². The van der Waals surface area contributed by atoms with Crippen LogP contribution in [-0.4, -0.2) is 37.7 Å². The van der Waals surface area contributed by atoms with Gasteiger partial charge >= 0.3 is 0 Å². The van der Waals surface area contributed by atoms with Crippen molar-refractivity contribution in [3.8, 4) is 10.8 Å². The fourth-order valence-electron chi connectivity index (χ4n) is 4.51. The number of hydrogen-bond acceptors (Lipinski definition) is 6. The van der Waals surface area contributed by atoms with E-state index in [0.717, 1.165) is 54.8 Å². The number of aromatic nitrogens is 4. The zero-order valence-electron chi connectivity index (χ0n) is 16.4. The number of fused-ring (bicyclic) bond motifs is 1. The Hall–Kier alpha value is -1.99. The first-order chi connectivity index (χ1) is 13.8. The lowest BCUT2D eigenvalue weighted by atomic mass is 9.97. The van der Waals surface area contributed by atoms with Crippen molar-refractivity contribution in [1.29, 1.82) is 0 Å². The van der Waals surface area contributed by atoms with Gasteiger partial charge in [-0.3, -0.25) is 4.90 Å². The van der Waals surface area contributed by atoms with Gasteiger partial charge in [0.1, 0.15) is 17.4 Å². The Morgan fingerprint density at radius 1 is 1.18 bits per heavy atom. The van der Waals surface area contributed by atoms with Crippen LogP contribution in [-0.2, 0) is 19.5 Å². The fourth-order valence-corrected chi connectivity index (χ4v) is 5.16. The molecule has 5 heterocycles. The van der Waals surface area contributed by atoms with Gasteiger partial charge in [-0.2, -0.15) is 0 Å². The molecule has 3 aromatic heterocycles. The Bertz CT molecular complexity index is 929. The first-order valence-corrected chi connectivity index (χ1v) is 11.3. The minimum absolute atomic E-state index is 0.470. The van der Waals surface area contributed by atoms with E-state index in [0.29, 0.717) is 5.92 Å². The summed E-state index contributed by atoms with van der Waals surface area (Å²) in [6.07, 6.45) is 7.27. The molecule has 0 radical (unpaired) electrons. The first kappa shape index (κ1) is 18.1. The number of oxazole rings is 1. The number of nitrogens with zero attached hydrogens (tertiary/aromatic N) is 5. The monoisotopic (exact) mass is 397 g/mol. The highest BCUT2D eigenvalue weighted by atomic mass is 32.1. The van der Waals surface area contributed by atoms with E-state index in [2.05, 4.69) is 31.1 Å². The van der Waals surface area contributed by atoms with E-state index in [1.165, 1.54) is 43.8 Å². The summed E-state index contributed by atoms with van der Waals surface area (Å²) >= 11 is 1.67. The van der Waals surface area contributed by atoms with Crippen molar-refractivity contribution in [1.82, 2.24) is 24.6 Å². The maximum Gasteiger partial charge on any atom is 0.236 e. The molecule has 1 saturated heterocycles. The summed E-state index contributed by atoms with van der Waals surface area (Å²) in [6, 6.07) is 4.10. The highest BCUT2D eigenvalue weighted by molar-refractivity contribution is 7.13. The molecule has 2 aliphatic rings. The number of likely N-dealkylation sites (tertiary alicyclic amines) is 1. The lowest BCUT2D eigenvalue weighted by Gasteiger charge is -2.32. The molecular weight excluding hydrogens is 370 g/mol. The number of thiophene rings is 1. The van der Waals surface area contributed by atoms with Crippen molar-refractivity contribution < 1.29 is 4.42 Å². The molecule has 1 unspecified atom stereocenters. The minimum Gasteiger partial charge on any atom is -0.440 e. The summed E-state index contributed by atoms with van der Waals surface area (Å²) in [4.78, 5) is 8.39. The molecule has 0 N–H and O–H groups in total. The molecule has 6 nitrogen and oxygen atoms in total. The molecule has 0 aliphatic carbocycles. The van der Waals surface area contributed by atoms with Gasteiger partial charge in [0, 0.05) is 32.0 Å². The SMILES string of the molecule is Cc1oc(-c2cccs2)nc1CN1CCCC(c2nnc3n2CCCCC3)C1. The van der Waals surface area contributed by atoms with Gasteiger partial charge in [0.2, 0.25) is 5.89 Å². The van der Waals surface area contributed by atoms with E-state index in [9.17, 15) is 0 Å². The van der Waals surface area contributed by atoms with Crippen molar-refractivity contribution in [3.63, 3.8) is 0 Å². The molecule has 0 bridgehead atoms. The van der Waals surface area contributed by atoms with Crippen LogP contribution in [0.15, 0.2) is 21.9 Å². The Kier molecular flexibility index (Phi) is 5.03. The topological polar surface area (TPSA) is 60.0 Å². The van der Waals surface area contributed by atoms with Crippen LogP contribution in [0.5, 0.6) is 0 Å². The highest BCUT2D eigenvalue weighted by Gasteiger charge is 2.28. The van der Waals surface area contributed by atoms with Crippen LogP contribution >= 0.6 is 11.3 Å². The molecule has 1 atom stereocenters. The Labute approximate surface area is 169 Å². The minimum atomic E-state index is 0.470. The zero-order chi connectivity index (χ0) is 18.9. The van der Waals surface area contributed by atoms with Crippen molar-refractivity contribution in [2.24, 2.45) is 0 Å². The molecule has 7 heteroatoms. The van der Waals surface area contributed by atoms with Crippen molar-refractivity contribution in [2.45, 2.75) is 64.5 Å². The summed E-state index contributed by atoms with van der Waals surface area (Å²) < 4.78 is 8.35. The van der Waals surface area contributed by atoms with E-state index < -0.39 is 0 Å². The normalized spacial score (nSPS) is 20.8. The molecule has 3 aromatic rings. The summed E-state index contributed by atoms with van der Waals surface area (Å²) in [5.74, 6) is 4.55. The molecular formula is C21H27N5OS. The predicted molar refractivity (Wildman–Crippen MR) is 109 cm³/mol. The third-order valence-corrected chi connectivity index (χ3v) is 6.86. The smallest absolute Gasteiger partial charge is 0.236 e. The molecule has 1 fully saturated rings. The number of rotatable bonds is 4. The number of aryl methyl sites for hydroxylation is 2. The van der Waals surface area contributed by atoms with Crippen molar-refractivity contribution in [3.05, 3.63) is 40.6 Å². The maximum atomic E-state index is 5.93. The third kappa shape index (κ3) is 3.53. The third-order valence-electron chi connectivity index (χ3n) is 6.01. The summed E-state index contributed by atoms with van der Waals surface area (Å²) in [5, 5.41) is 11.2. The standard InChI is InChI=1S/C21H27N5OS/c1-15-17(22-21(27-15)18-8-6-12-28-18)14-25-10-5-7-16(13-25)20-24-23-19-9-3-2-4-11-26(19)20/h6,8,12,16H,2-5,7,9-11,13-14H2,1H3. The van der Waals surface area contributed by atoms with Crippen LogP contribution in [0, 0.1) is 6.92 Å². The van der Waals surface area contributed by atoms with Gasteiger partial charge < -0.3 is 8.98 Å². The van der Waals surface area contributed by atoms with Crippen LogP contribution < -0.4 is 0 Å². The van der Waals surface area contributed by atoms with Crippen LogP contribution in [0.2, 0.25) is 0 Å². The van der Waals surface area contributed by atoms with Gasteiger partial charge in [0.25, 0.3) is 0 Å². The van der Waals surface area contributed by atoms with Crippen molar-refractivity contribution in [2.75, 3.05) is 13.1 Å². The quantitative estimate of drug-likeness (QED) is 0.653. The van der Waals surface area contributed by atoms with E-state index >= 15 is 0 Å². The van der Waals surface area contributed by atoms with Crippen LogP contribution in [0.25, 0.3) is 10.8 Å². The van der Waals surface area contributed by atoms with E-state index in [4.69, 9.17) is 9.40 Å². The van der Waals surface area contributed by atoms with Gasteiger partial charge in [-0.15, -0.1) is 21.5 Å². The second-order valence-electron chi connectivity index (χ2n) is 8.01. The number of piperidine rings is 1. The Morgan fingerprint density at radius 3 is 3.04 bits per heavy atom. The molecule has 28 heavy (non-hydrogen) atoms. The first-order valence-electron chi connectivity index (χ1n) is 10.4. The van der Waals surface area contributed by atoms with Crippen LogP contribution in [0.4, 0.5) is 0 Å². The molecule has 0 amide bonds. The van der Waals surface area contributed by atoms with Gasteiger partial charge in [0.15, 0.2) is 0 Å². The average molecular weight is 398 g/mol. The average Bonchev–Trinajstić information content (AvgIpc) is 3.41. The summed E-state index contributed by atoms with van der Waals surface area (Å²) in [7, 11) is 0. The summed E-state index contributed by atoms with van der Waals surface area (Å²) in [5.41, 5.74) is 1.06. The van der Waals surface area contributed by atoms with E-state index in [-0.39, 0.29) is 0 Å². The van der Waals surface area contributed by atoms with Gasteiger partial charge in [-0.1, -0.05) is 12.5 Å². The lowest BCUT2D eigenvalue weighted by Crippen LogP contribution is -2.35.